The Kier molecular flexibility index (Phi) is 6.62. The highest BCUT2D eigenvalue weighted by Crippen LogP contribution is 2.29. The second kappa shape index (κ2) is 8.31. The number of carbonyl (C=O) groups excluding carboxylic acids is 3. The third-order valence-corrected chi connectivity index (χ3v) is 5.26. The average Bonchev–Trinajstić information content (AvgIpc) is 2.75. The molecule has 0 atom stereocenters. The van der Waals surface area contributed by atoms with Gasteiger partial charge in [0.1, 0.15) is 12.1 Å². The number of halogens is 2. The van der Waals surface area contributed by atoms with E-state index in [1.165, 1.54) is 0 Å². The normalized spacial score (nSPS) is 16.1. The molecular formula is C17H21Br2N3O3. The molecule has 0 radical (unpaired) electrons. The van der Waals surface area contributed by atoms with E-state index in [0.717, 1.165) is 22.2 Å². The van der Waals surface area contributed by atoms with Gasteiger partial charge in [0.15, 0.2) is 0 Å². The van der Waals surface area contributed by atoms with E-state index in [1.807, 2.05) is 13.8 Å². The summed E-state index contributed by atoms with van der Waals surface area (Å²) in [6.45, 7) is 3.64. The highest BCUT2D eigenvalue weighted by Gasteiger charge is 2.50. The van der Waals surface area contributed by atoms with Crippen molar-refractivity contribution in [3.05, 3.63) is 27.1 Å². The summed E-state index contributed by atoms with van der Waals surface area (Å²) in [5.74, 6) is -0.735. The number of urea groups is 1. The summed E-state index contributed by atoms with van der Waals surface area (Å²) in [5.41, 5.74) is -0.298. The van der Waals surface area contributed by atoms with Crippen LogP contribution in [0.5, 0.6) is 0 Å². The Morgan fingerprint density at radius 2 is 1.84 bits per heavy atom. The molecule has 1 aliphatic heterocycles. The summed E-state index contributed by atoms with van der Waals surface area (Å²) < 4.78 is 1.58. The molecule has 1 aromatic carbocycles. The first-order chi connectivity index (χ1) is 11.8. The molecule has 1 aliphatic rings. The molecule has 2 rings (SSSR count). The number of benzene rings is 1. The maximum Gasteiger partial charge on any atom is 0.325 e. The summed E-state index contributed by atoms with van der Waals surface area (Å²) >= 11 is 6.71. The number of nitrogens with one attached hydrogen (secondary N) is 2. The molecule has 0 unspecified atom stereocenters. The molecule has 1 fully saturated rings. The Morgan fingerprint density at radius 3 is 2.40 bits per heavy atom. The van der Waals surface area contributed by atoms with E-state index in [9.17, 15) is 14.4 Å². The summed E-state index contributed by atoms with van der Waals surface area (Å²) in [6.07, 6.45) is 2.69. The predicted molar refractivity (Wildman–Crippen MR) is 103 cm³/mol. The number of anilines is 1. The number of rotatable bonds is 7. The van der Waals surface area contributed by atoms with E-state index in [4.69, 9.17) is 0 Å². The van der Waals surface area contributed by atoms with Crippen LogP contribution in [-0.2, 0) is 9.59 Å². The average molecular weight is 475 g/mol. The molecule has 1 aromatic rings. The third-order valence-electron chi connectivity index (χ3n) is 4.11. The summed E-state index contributed by atoms with van der Waals surface area (Å²) in [4.78, 5) is 38.3. The van der Waals surface area contributed by atoms with Crippen LogP contribution in [0.1, 0.15) is 39.5 Å². The van der Waals surface area contributed by atoms with Gasteiger partial charge in [-0.2, -0.15) is 0 Å². The van der Waals surface area contributed by atoms with Gasteiger partial charge >= 0.3 is 6.03 Å². The lowest BCUT2D eigenvalue weighted by Gasteiger charge is -2.25. The number of nitrogens with zero attached hydrogens (tertiary/aromatic N) is 1. The Bertz CT molecular complexity index is 688. The fourth-order valence-electron chi connectivity index (χ4n) is 3.06. The van der Waals surface area contributed by atoms with Crippen LogP contribution < -0.4 is 10.6 Å². The molecule has 0 saturated carbocycles. The van der Waals surface area contributed by atoms with Crippen molar-refractivity contribution in [2.24, 2.45) is 0 Å². The van der Waals surface area contributed by atoms with Crippen molar-refractivity contribution < 1.29 is 14.4 Å². The first-order valence-corrected chi connectivity index (χ1v) is 9.80. The number of hydrogen-bond donors (Lipinski definition) is 2. The van der Waals surface area contributed by atoms with Gasteiger partial charge in [-0.15, -0.1) is 0 Å². The Morgan fingerprint density at radius 1 is 1.20 bits per heavy atom. The van der Waals surface area contributed by atoms with Gasteiger partial charge in [-0.25, -0.2) is 4.79 Å². The van der Waals surface area contributed by atoms with E-state index in [1.54, 1.807) is 18.2 Å². The lowest BCUT2D eigenvalue weighted by molar-refractivity contribution is -0.134. The highest BCUT2D eigenvalue weighted by atomic mass is 79.9. The third kappa shape index (κ3) is 4.41. The maximum absolute atomic E-state index is 12.8. The Labute approximate surface area is 164 Å². The van der Waals surface area contributed by atoms with E-state index >= 15 is 0 Å². The van der Waals surface area contributed by atoms with Crippen LogP contribution in [-0.4, -0.2) is 34.8 Å². The minimum absolute atomic E-state index is 0.303. The summed E-state index contributed by atoms with van der Waals surface area (Å²) in [5, 5.41) is 5.52. The van der Waals surface area contributed by atoms with Crippen molar-refractivity contribution in [1.29, 1.82) is 0 Å². The Balaban J connectivity index is 2.09. The van der Waals surface area contributed by atoms with Crippen molar-refractivity contribution in [2.45, 2.75) is 45.1 Å². The van der Waals surface area contributed by atoms with E-state index in [0.29, 0.717) is 23.0 Å². The highest BCUT2D eigenvalue weighted by molar-refractivity contribution is 9.11. The van der Waals surface area contributed by atoms with Crippen molar-refractivity contribution in [3.8, 4) is 0 Å². The molecule has 2 N–H and O–H groups in total. The SMILES string of the molecule is CCCC1(CCC)NC(=O)N(CC(=O)Nc2ccc(Br)cc2Br)C1=O. The van der Waals surface area contributed by atoms with E-state index < -0.39 is 17.5 Å². The molecule has 0 aliphatic carbocycles. The lowest BCUT2D eigenvalue weighted by atomic mass is 9.88. The maximum atomic E-state index is 12.8. The predicted octanol–water partition coefficient (Wildman–Crippen LogP) is 4.04. The molecule has 4 amide bonds. The van der Waals surface area contributed by atoms with Gasteiger partial charge in [-0.3, -0.25) is 14.5 Å². The molecule has 0 aromatic heterocycles. The minimum atomic E-state index is -0.876. The zero-order valence-corrected chi connectivity index (χ0v) is 17.4. The van der Waals surface area contributed by atoms with E-state index in [-0.39, 0.29) is 12.5 Å². The molecule has 0 spiro atoms. The quantitative estimate of drug-likeness (QED) is 0.585. The fraction of sp³-hybridized carbons (Fsp3) is 0.471. The molecule has 0 bridgehead atoms. The topological polar surface area (TPSA) is 78.5 Å². The van der Waals surface area contributed by atoms with Gasteiger partial charge in [0.05, 0.1) is 5.69 Å². The van der Waals surface area contributed by atoms with Crippen LogP contribution >= 0.6 is 31.9 Å². The van der Waals surface area contributed by atoms with Crippen molar-refractivity contribution in [1.82, 2.24) is 10.2 Å². The molecular weight excluding hydrogens is 454 g/mol. The van der Waals surface area contributed by atoms with Gasteiger partial charge in [-0.1, -0.05) is 42.6 Å². The smallest absolute Gasteiger partial charge is 0.323 e. The largest absolute Gasteiger partial charge is 0.325 e. The first kappa shape index (κ1) is 19.9. The van der Waals surface area contributed by atoms with Crippen molar-refractivity contribution in [3.63, 3.8) is 0 Å². The summed E-state index contributed by atoms with van der Waals surface area (Å²) in [6, 6.07) is 4.83. The second-order valence-corrected chi connectivity index (χ2v) is 7.85. The minimum Gasteiger partial charge on any atom is -0.323 e. The first-order valence-electron chi connectivity index (χ1n) is 8.22. The standard InChI is InChI=1S/C17H21Br2N3O3/c1-3-7-17(8-4-2)15(24)22(16(25)21-17)10-14(23)20-13-6-5-11(18)9-12(13)19/h5-6,9H,3-4,7-8,10H2,1-2H3,(H,20,23)(H,21,25). The zero-order chi connectivity index (χ0) is 18.6. The Hall–Kier alpha value is -1.41. The summed E-state index contributed by atoms with van der Waals surface area (Å²) in [7, 11) is 0. The van der Waals surface area contributed by atoms with Crippen LogP contribution in [0.2, 0.25) is 0 Å². The molecule has 6 nitrogen and oxygen atoms in total. The van der Waals surface area contributed by atoms with Crippen LogP contribution in [0.3, 0.4) is 0 Å². The van der Waals surface area contributed by atoms with Crippen molar-refractivity contribution >= 4 is 55.4 Å². The van der Waals surface area contributed by atoms with Gasteiger partial charge in [0.25, 0.3) is 5.91 Å². The van der Waals surface area contributed by atoms with Crippen LogP contribution in [0.4, 0.5) is 10.5 Å². The van der Waals surface area contributed by atoms with Crippen LogP contribution in [0.25, 0.3) is 0 Å². The fourth-order valence-corrected chi connectivity index (χ4v) is 4.21. The van der Waals surface area contributed by atoms with Gasteiger partial charge < -0.3 is 10.6 Å². The van der Waals surface area contributed by atoms with Crippen molar-refractivity contribution in [2.75, 3.05) is 11.9 Å². The van der Waals surface area contributed by atoms with Gasteiger partial charge in [0, 0.05) is 8.95 Å². The van der Waals surface area contributed by atoms with Crippen LogP contribution in [0, 0.1) is 0 Å². The van der Waals surface area contributed by atoms with E-state index in [2.05, 4.69) is 42.5 Å². The monoisotopic (exact) mass is 473 g/mol. The zero-order valence-electron chi connectivity index (χ0n) is 14.2. The van der Waals surface area contributed by atoms with Crippen LogP contribution in [0.15, 0.2) is 27.1 Å². The molecule has 1 saturated heterocycles. The lowest BCUT2D eigenvalue weighted by Crippen LogP contribution is -2.47. The number of hydrogen-bond acceptors (Lipinski definition) is 3. The number of amides is 4. The molecule has 8 heteroatoms. The number of carbonyl (C=O) groups is 3. The molecule has 1 heterocycles. The second-order valence-electron chi connectivity index (χ2n) is 6.08. The van der Waals surface area contributed by atoms with Gasteiger partial charge in [0.2, 0.25) is 5.91 Å². The van der Waals surface area contributed by atoms with Gasteiger partial charge in [-0.05, 0) is 47.0 Å². The number of imide groups is 1. The molecule has 25 heavy (non-hydrogen) atoms. The molecule has 136 valence electrons.